The first-order valence-electron chi connectivity index (χ1n) is 7.66. The maximum absolute atomic E-state index is 12.1. The molecule has 0 saturated carbocycles. The van der Waals surface area contributed by atoms with Crippen molar-refractivity contribution < 1.29 is 14.0 Å². The second-order valence-electron chi connectivity index (χ2n) is 5.07. The molecule has 0 radical (unpaired) electrons. The number of hydrogen-bond donors (Lipinski definition) is 2. The van der Waals surface area contributed by atoms with Gasteiger partial charge in [-0.15, -0.1) is 0 Å². The summed E-state index contributed by atoms with van der Waals surface area (Å²) in [6, 6.07) is 10.7. The molecule has 0 aliphatic heterocycles. The van der Waals surface area contributed by atoms with E-state index in [1.807, 2.05) is 19.1 Å². The Labute approximate surface area is 141 Å². The fraction of sp³-hybridized carbons (Fsp3) is 0.158. The van der Waals surface area contributed by atoms with Crippen LogP contribution >= 0.6 is 0 Å². The maximum atomic E-state index is 12.1. The molecule has 0 saturated heterocycles. The van der Waals surface area contributed by atoms with Crippen LogP contribution in [-0.2, 0) is 17.9 Å². The van der Waals surface area contributed by atoms with Gasteiger partial charge in [0.05, 0.1) is 12.8 Å². The van der Waals surface area contributed by atoms with Gasteiger partial charge in [0.15, 0.2) is 0 Å². The summed E-state index contributed by atoms with van der Waals surface area (Å²) in [7, 11) is 0. The molecule has 2 rings (SSSR count). The highest BCUT2D eigenvalue weighted by Gasteiger charge is 2.07. The fourth-order valence-corrected chi connectivity index (χ4v) is 2.01. The second kappa shape index (κ2) is 9.15. The lowest BCUT2D eigenvalue weighted by molar-refractivity contribution is -0.116. The first kappa shape index (κ1) is 17.3. The zero-order valence-electron chi connectivity index (χ0n) is 13.5. The molecule has 2 amide bonds. The maximum Gasteiger partial charge on any atom is 0.251 e. The number of furan rings is 1. The fourth-order valence-electron chi connectivity index (χ4n) is 2.01. The molecule has 0 unspecified atom stereocenters. The molecule has 2 N–H and O–H groups in total. The van der Waals surface area contributed by atoms with Crippen molar-refractivity contribution in [2.45, 2.75) is 20.0 Å². The number of nitrogens with one attached hydrogen (secondary N) is 2. The van der Waals surface area contributed by atoms with Crippen LogP contribution < -0.4 is 10.6 Å². The number of rotatable bonds is 7. The topological polar surface area (TPSA) is 71.3 Å². The molecular weight excluding hydrogens is 304 g/mol. The zero-order valence-corrected chi connectivity index (χ0v) is 13.5. The Balaban J connectivity index is 1.88. The zero-order chi connectivity index (χ0) is 17.2. The van der Waals surface area contributed by atoms with Crippen molar-refractivity contribution in [3.63, 3.8) is 0 Å². The Hall–Kier alpha value is -3.08. The predicted molar refractivity (Wildman–Crippen MR) is 92.1 cm³/mol. The van der Waals surface area contributed by atoms with Crippen LogP contribution in [0.15, 0.2) is 71.4 Å². The van der Waals surface area contributed by atoms with Crippen molar-refractivity contribution in [2.24, 2.45) is 0 Å². The molecule has 0 bridgehead atoms. The van der Waals surface area contributed by atoms with Crippen LogP contribution in [0.2, 0.25) is 0 Å². The van der Waals surface area contributed by atoms with Gasteiger partial charge in [0.2, 0.25) is 5.91 Å². The smallest absolute Gasteiger partial charge is 0.251 e. The number of benzene rings is 1. The van der Waals surface area contributed by atoms with Gasteiger partial charge in [-0.05, 0) is 36.8 Å². The standard InChI is InChI=1S/C19H20N2O3/c1-2-3-4-10-18(22)20-13-15-7-5-8-16(12-15)19(23)21-14-17-9-6-11-24-17/h2-12H,13-14H2,1H3,(H,20,22)(H,21,23). The molecule has 0 spiro atoms. The van der Waals surface area contributed by atoms with E-state index in [2.05, 4.69) is 10.6 Å². The summed E-state index contributed by atoms with van der Waals surface area (Å²) >= 11 is 0. The molecule has 5 nitrogen and oxygen atoms in total. The Morgan fingerprint density at radius 1 is 1.08 bits per heavy atom. The largest absolute Gasteiger partial charge is 0.467 e. The minimum absolute atomic E-state index is 0.180. The van der Waals surface area contributed by atoms with Gasteiger partial charge < -0.3 is 15.1 Å². The van der Waals surface area contributed by atoms with E-state index in [4.69, 9.17) is 4.42 Å². The van der Waals surface area contributed by atoms with Gasteiger partial charge >= 0.3 is 0 Å². The van der Waals surface area contributed by atoms with Crippen LogP contribution in [0.25, 0.3) is 0 Å². The van der Waals surface area contributed by atoms with Crippen molar-refractivity contribution >= 4 is 11.8 Å². The first-order valence-corrected chi connectivity index (χ1v) is 7.66. The highest BCUT2D eigenvalue weighted by molar-refractivity contribution is 5.94. The van der Waals surface area contributed by atoms with Crippen LogP contribution in [-0.4, -0.2) is 11.8 Å². The molecule has 0 fully saturated rings. The quantitative estimate of drug-likeness (QED) is 0.607. The van der Waals surface area contributed by atoms with E-state index < -0.39 is 0 Å². The summed E-state index contributed by atoms with van der Waals surface area (Å²) in [5.41, 5.74) is 1.39. The number of amides is 2. The highest BCUT2D eigenvalue weighted by Crippen LogP contribution is 2.06. The van der Waals surface area contributed by atoms with E-state index in [0.717, 1.165) is 5.56 Å². The summed E-state index contributed by atoms with van der Waals surface area (Å²) in [5, 5.41) is 5.56. The minimum atomic E-state index is -0.187. The molecule has 0 atom stereocenters. The molecule has 0 aliphatic rings. The third-order valence-electron chi connectivity index (χ3n) is 3.21. The van der Waals surface area contributed by atoms with Crippen molar-refractivity contribution in [1.29, 1.82) is 0 Å². The lowest BCUT2D eigenvalue weighted by Gasteiger charge is -2.07. The van der Waals surface area contributed by atoms with Crippen molar-refractivity contribution in [3.8, 4) is 0 Å². The van der Waals surface area contributed by atoms with Crippen LogP contribution in [0, 0.1) is 0 Å². The number of carbonyl (C=O) groups is 2. The summed E-state index contributed by atoms with van der Waals surface area (Å²) in [6.07, 6.45) is 8.32. The summed E-state index contributed by atoms with van der Waals surface area (Å²) in [4.78, 5) is 23.8. The molecular formula is C19H20N2O3. The van der Waals surface area contributed by atoms with Crippen LogP contribution in [0.3, 0.4) is 0 Å². The highest BCUT2D eigenvalue weighted by atomic mass is 16.3. The van der Waals surface area contributed by atoms with Crippen molar-refractivity contribution in [2.75, 3.05) is 0 Å². The normalized spacial score (nSPS) is 11.0. The Kier molecular flexibility index (Phi) is 6.58. The van der Waals surface area contributed by atoms with Gasteiger partial charge in [-0.3, -0.25) is 9.59 Å². The van der Waals surface area contributed by atoms with Crippen LogP contribution in [0.4, 0.5) is 0 Å². The monoisotopic (exact) mass is 324 g/mol. The SMILES string of the molecule is CC=CC=CC(=O)NCc1cccc(C(=O)NCc2ccco2)c1. The van der Waals surface area contributed by atoms with Gasteiger partial charge in [0.1, 0.15) is 5.76 Å². The van der Waals surface area contributed by atoms with Gasteiger partial charge in [0, 0.05) is 18.2 Å². The van der Waals surface area contributed by atoms with E-state index in [1.165, 1.54) is 6.08 Å². The van der Waals surface area contributed by atoms with Crippen molar-refractivity contribution in [1.82, 2.24) is 10.6 Å². The number of hydrogen-bond acceptors (Lipinski definition) is 3. The van der Waals surface area contributed by atoms with Gasteiger partial charge in [-0.2, -0.15) is 0 Å². The van der Waals surface area contributed by atoms with E-state index in [-0.39, 0.29) is 11.8 Å². The van der Waals surface area contributed by atoms with Gasteiger partial charge in [-0.1, -0.05) is 30.4 Å². The van der Waals surface area contributed by atoms with Gasteiger partial charge in [0.25, 0.3) is 5.91 Å². The third kappa shape index (κ3) is 5.61. The molecule has 5 heteroatoms. The summed E-state index contributed by atoms with van der Waals surface area (Å²) in [5.74, 6) is 0.327. The van der Waals surface area contributed by atoms with E-state index in [0.29, 0.717) is 24.4 Å². The molecule has 0 aliphatic carbocycles. The van der Waals surface area contributed by atoms with E-state index >= 15 is 0 Å². The lowest BCUT2D eigenvalue weighted by atomic mass is 10.1. The van der Waals surface area contributed by atoms with Crippen LogP contribution in [0.1, 0.15) is 28.6 Å². The molecule has 1 aromatic heterocycles. The molecule has 24 heavy (non-hydrogen) atoms. The predicted octanol–water partition coefficient (Wildman–Crippen LogP) is 2.96. The van der Waals surface area contributed by atoms with E-state index in [1.54, 1.807) is 48.7 Å². The number of allylic oxidation sites excluding steroid dienone is 3. The number of carbonyl (C=O) groups excluding carboxylic acids is 2. The Morgan fingerprint density at radius 3 is 2.71 bits per heavy atom. The van der Waals surface area contributed by atoms with Crippen molar-refractivity contribution in [3.05, 3.63) is 83.9 Å². The first-order chi connectivity index (χ1) is 11.7. The molecule has 1 heterocycles. The summed E-state index contributed by atoms with van der Waals surface area (Å²) < 4.78 is 5.18. The molecule has 1 aromatic carbocycles. The summed E-state index contributed by atoms with van der Waals surface area (Å²) in [6.45, 7) is 2.57. The van der Waals surface area contributed by atoms with Gasteiger partial charge in [-0.25, -0.2) is 0 Å². The lowest BCUT2D eigenvalue weighted by Crippen LogP contribution is -2.23. The average Bonchev–Trinajstić information content (AvgIpc) is 3.12. The third-order valence-corrected chi connectivity index (χ3v) is 3.21. The molecule has 2 aromatic rings. The Morgan fingerprint density at radius 2 is 1.96 bits per heavy atom. The molecule has 124 valence electrons. The van der Waals surface area contributed by atoms with E-state index in [9.17, 15) is 9.59 Å². The Bertz CT molecular complexity index is 731. The second-order valence-corrected chi connectivity index (χ2v) is 5.07. The average molecular weight is 324 g/mol. The minimum Gasteiger partial charge on any atom is -0.467 e. The van der Waals surface area contributed by atoms with Crippen LogP contribution in [0.5, 0.6) is 0 Å².